The van der Waals surface area contributed by atoms with E-state index in [1.807, 2.05) is 0 Å². The van der Waals surface area contributed by atoms with Crippen molar-refractivity contribution in [2.75, 3.05) is 14.2 Å². The zero-order valence-corrected chi connectivity index (χ0v) is 12.3. The fraction of sp³-hybridized carbons (Fsp3) is 0.250. The number of benzene rings is 1. The maximum Gasteiger partial charge on any atom is 0.255 e. The van der Waals surface area contributed by atoms with Crippen molar-refractivity contribution >= 4 is 16.7 Å². The van der Waals surface area contributed by atoms with Crippen molar-refractivity contribution < 1.29 is 14.3 Å². The molecule has 0 aliphatic heterocycles. The van der Waals surface area contributed by atoms with Crippen molar-refractivity contribution in [3.05, 3.63) is 46.3 Å². The van der Waals surface area contributed by atoms with Crippen LogP contribution < -0.4 is 15.0 Å². The van der Waals surface area contributed by atoms with Gasteiger partial charge in [0.2, 0.25) is 0 Å². The van der Waals surface area contributed by atoms with E-state index in [4.69, 9.17) is 9.47 Å². The number of rotatable bonds is 5. The minimum atomic E-state index is -0.363. The van der Waals surface area contributed by atoms with E-state index in [1.54, 1.807) is 25.1 Å². The van der Waals surface area contributed by atoms with E-state index in [0.717, 1.165) is 0 Å². The molecule has 5 nitrogen and oxygen atoms in total. The van der Waals surface area contributed by atoms with E-state index in [-0.39, 0.29) is 17.8 Å². The summed E-state index contributed by atoms with van der Waals surface area (Å²) in [4.78, 5) is 26.9. The van der Waals surface area contributed by atoms with Gasteiger partial charge >= 0.3 is 0 Å². The first-order valence-electron chi connectivity index (χ1n) is 6.44. The van der Waals surface area contributed by atoms with Gasteiger partial charge in [0.1, 0.15) is 11.5 Å². The SMILES string of the molecule is C=C(C)C(=O)Cc1c(OC)c2cccc(OC)c2[nH]c1=O. The molecule has 2 aromatic rings. The summed E-state index contributed by atoms with van der Waals surface area (Å²) in [5.74, 6) is 0.740. The lowest BCUT2D eigenvalue weighted by molar-refractivity contribution is -0.114. The largest absolute Gasteiger partial charge is 0.496 e. The predicted octanol–water partition coefficient (Wildman–Crippen LogP) is 2.23. The summed E-state index contributed by atoms with van der Waals surface area (Å²) in [5, 5.41) is 0.695. The highest BCUT2D eigenvalue weighted by atomic mass is 16.5. The molecule has 1 aromatic carbocycles. The maximum absolute atomic E-state index is 12.3. The summed E-state index contributed by atoms with van der Waals surface area (Å²) < 4.78 is 10.6. The van der Waals surface area contributed by atoms with Crippen LogP contribution in [0.15, 0.2) is 35.1 Å². The molecule has 21 heavy (non-hydrogen) atoms. The molecular weight excluding hydrogens is 270 g/mol. The van der Waals surface area contributed by atoms with Crippen molar-refractivity contribution in [2.24, 2.45) is 0 Å². The van der Waals surface area contributed by atoms with Gasteiger partial charge in [0, 0.05) is 11.8 Å². The first-order valence-corrected chi connectivity index (χ1v) is 6.44. The molecule has 1 heterocycles. The van der Waals surface area contributed by atoms with Crippen molar-refractivity contribution in [3.8, 4) is 11.5 Å². The fourth-order valence-corrected chi connectivity index (χ4v) is 2.18. The Balaban J connectivity index is 2.73. The molecular formula is C16H17NO4. The van der Waals surface area contributed by atoms with Gasteiger partial charge in [0.15, 0.2) is 5.78 Å². The smallest absolute Gasteiger partial charge is 0.255 e. The molecule has 0 amide bonds. The monoisotopic (exact) mass is 287 g/mol. The zero-order chi connectivity index (χ0) is 15.6. The third-order valence-corrected chi connectivity index (χ3v) is 3.29. The van der Waals surface area contributed by atoms with Crippen LogP contribution >= 0.6 is 0 Å². The second-order valence-corrected chi connectivity index (χ2v) is 4.73. The van der Waals surface area contributed by atoms with Crippen molar-refractivity contribution in [1.82, 2.24) is 4.98 Å². The Morgan fingerprint density at radius 3 is 2.57 bits per heavy atom. The second kappa shape index (κ2) is 5.83. The number of methoxy groups -OCH3 is 2. The van der Waals surface area contributed by atoms with Crippen LogP contribution in [0.4, 0.5) is 0 Å². The minimum absolute atomic E-state index is 0.0407. The topological polar surface area (TPSA) is 68.4 Å². The van der Waals surface area contributed by atoms with Crippen LogP contribution in [0, 0.1) is 0 Å². The van der Waals surface area contributed by atoms with E-state index in [9.17, 15) is 9.59 Å². The summed E-state index contributed by atoms with van der Waals surface area (Å²) in [6.07, 6.45) is -0.0407. The van der Waals surface area contributed by atoms with Crippen LogP contribution in [0.25, 0.3) is 10.9 Å². The Labute approximate surface area is 122 Å². The average molecular weight is 287 g/mol. The number of hydrogen-bond donors (Lipinski definition) is 1. The molecule has 0 atom stereocenters. The minimum Gasteiger partial charge on any atom is -0.496 e. The van der Waals surface area contributed by atoms with Gasteiger partial charge in [0.05, 0.1) is 25.3 Å². The van der Waals surface area contributed by atoms with E-state index in [2.05, 4.69) is 11.6 Å². The molecule has 110 valence electrons. The molecule has 0 bridgehead atoms. The Hall–Kier alpha value is -2.56. The summed E-state index contributed by atoms with van der Waals surface area (Å²) in [7, 11) is 3.00. The quantitative estimate of drug-likeness (QED) is 0.856. The standard InChI is InChI=1S/C16H17NO4/c1-9(2)12(18)8-11-15(21-4)10-6-5-7-13(20-3)14(10)17-16(11)19/h5-7H,1,8H2,2-4H3,(H,17,19). The number of allylic oxidation sites excluding steroid dienone is 1. The van der Waals surface area contributed by atoms with Crippen LogP contribution in [0.3, 0.4) is 0 Å². The summed E-state index contributed by atoms with van der Waals surface area (Å²) in [5.41, 5.74) is 0.889. The number of hydrogen-bond acceptors (Lipinski definition) is 4. The number of Topliss-reactive ketones (excluding diaryl/α,β-unsaturated/α-hetero) is 1. The number of nitrogens with one attached hydrogen (secondary N) is 1. The van der Waals surface area contributed by atoms with E-state index >= 15 is 0 Å². The van der Waals surface area contributed by atoms with Crippen LogP contribution in [-0.2, 0) is 11.2 Å². The number of para-hydroxylation sites is 1. The van der Waals surface area contributed by atoms with Gasteiger partial charge < -0.3 is 14.5 Å². The summed E-state index contributed by atoms with van der Waals surface area (Å²) >= 11 is 0. The van der Waals surface area contributed by atoms with Crippen LogP contribution in [0.2, 0.25) is 0 Å². The highest BCUT2D eigenvalue weighted by Crippen LogP contribution is 2.31. The van der Waals surface area contributed by atoms with Gasteiger partial charge in [-0.05, 0) is 24.6 Å². The Morgan fingerprint density at radius 1 is 1.29 bits per heavy atom. The number of aromatic amines is 1. The number of ketones is 1. The highest BCUT2D eigenvalue weighted by molar-refractivity contribution is 5.98. The molecule has 0 saturated carbocycles. The molecule has 0 saturated heterocycles. The first-order chi connectivity index (χ1) is 9.99. The van der Waals surface area contributed by atoms with Gasteiger partial charge in [-0.1, -0.05) is 12.6 Å². The number of carbonyl (C=O) groups is 1. The fourth-order valence-electron chi connectivity index (χ4n) is 2.18. The van der Waals surface area contributed by atoms with Crippen molar-refractivity contribution in [2.45, 2.75) is 13.3 Å². The summed E-state index contributed by atoms with van der Waals surface area (Å²) in [6, 6.07) is 5.35. The normalized spacial score (nSPS) is 10.4. The number of pyridine rings is 1. The number of carbonyl (C=O) groups excluding carboxylic acids is 1. The number of H-pyrrole nitrogens is 1. The van der Waals surface area contributed by atoms with Crippen LogP contribution in [0.5, 0.6) is 11.5 Å². The number of fused-ring (bicyclic) bond motifs is 1. The molecule has 0 unspecified atom stereocenters. The third-order valence-electron chi connectivity index (χ3n) is 3.29. The maximum atomic E-state index is 12.3. The van der Waals surface area contributed by atoms with Gasteiger partial charge in [-0.25, -0.2) is 0 Å². The molecule has 1 aromatic heterocycles. The molecule has 0 spiro atoms. The van der Waals surface area contributed by atoms with Gasteiger partial charge in [0.25, 0.3) is 5.56 Å². The number of aromatic nitrogens is 1. The zero-order valence-electron chi connectivity index (χ0n) is 12.3. The Bertz CT molecular complexity index is 774. The molecule has 2 rings (SSSR count). The van der Waals surface area contributed by atoms with E-state index in [0.29, 0.717) is 33.5 Å². The lowest BCUT2D eigenvalue weighted by atomic mass is 10.0. The predicted molar refractivity (Wildman–Crippen MR) is 81.2 cm³/mol. The first kappa shape index (κ1) is 14.8. The van der Waals surface area contributed by atoms with Crippen LogP contribution in [0.1, 0.15) is 12.5 Å². The molecule has 5 heteroatoms. The second-order valence-electron chi connectivity index (χ2n) is 4.73. The lowest BCUT2D eigenvalue weighted by Gasteiger charge is -2.12. The van der Waals surface area contributed by atoms with Crippen molar-refractivity contribution in [1.29, 1.82) is 0 Å². The van der Waals surface area contributed by atoms with Crippen molar-refractivity contribution in [3.63, 3.8) is 0 Å². The molecule has 0 fully saturated rings. The Kier molecular flexibility index (Phi) is 4.12. The van der Waals surface area contributed by atoms with E-state index < -0.39 is 0 Å². The van der Waals surface area contributed by atoms with E-state index in [1.165, 1.54) is 14.2 Å². The molecule has 0 radical (unpaired) electrons. The van der Waals surface area contributed by atoms with Gasteiger partial charge in [-0.3, -0.25) is 9.59 Å². The van der Waals surface area contributed by atoms with Crippen LogP contribution in [-0.4, -0.2) is 25.0 Å². The average Bonchev–Trinajstić information content (AvgIpc) is 2.47. The highest BCUT2D eigenvalue weighted by Gasteiger charge is 2.18. The third kappa shape index (κ3) is 2.67. The van der Waals surface area contributed by atoms with Gasteiger partial charge in [-0.15, -0.1) is 0 Å². The number of ether oxygens (including phenoxy) is 2. The molecule has 0 aliphatic carbocycles. The summed E-state index contributed by atoms with van der Waals surface area (Å²) in [6.45, 7) is 5.22. The Morgan fingerprint density at radius 2 is 2.00 bits per heavy atom. The molecule has 0 aliphatic rings. The lowest BCUT2D eigenvalue weighted by Crippen LogP contribution is -2.18. The van der Waals surface area contributed by atoms with Gasteiger partial charge in [-0.2, -0.15) is 0 Å². The molecule has 1 N–H and O–H groups in total.